The Hall–Kier alpha value is -2.22. The molecule has 1 unspecified atom stereocenters. The third-order valence-electron chi connectivity index (χ3n) is 16.7. The fourth-order valence-corrected chi connectivity index (χ4v) is 15.0. The first-order valence-electron chi connectivity index (χ1n) is 24.3. The zero-order valence-electron chi connectivity index (χ0n) is 38.1. The Kier molecular flexibility index (Phi) is 14.0. The molecule has 0 aromatic heterocycles. The van der Waals surface area contributed by atoms with Gasteiger partial charge in [0, 0.05) is 9.52 Å². The molecule has 2 radical (unpaired) electrons. The van der Waals surface area contributed by atoms with Crippen LogP contribution in [-0.2, 0) is 31.7 Å². The maximum atomic E-state index is 4.93. The molecule has 14 rings (SSSR count). The van der Waals surface area contributed by atoms with E-state index in [2.05, 4.69) is 143 Å². The van der Waals surface area contributed by atoms with Crippen LogP contribution >= 0.6 is 17.0 Å². The van der Waals surface area contributed by atoms with Crippen LogP contribution in [0.4, 0.5) is 0 Å². The summed E-state index contributed by atoms with van der Waals surface area (Å²) in [4.78, 5) is 0. The fraction of sp³-hybridized carbons (Fsp3) is 0.483. The van der Waals surface area contributed by atoms with E-state index in [-0.39, 0.29) is 0 Å². The molecule has 0 heterocycles. The van der Waals surface area contributed by atoms with E-state index in [1.807, 2.05) is 0 Å². The van der Waals surface area contributed by atoms with Crippen molar-refractivity contribution in [2.24, 2.45) is 35.5 Å². The van der Waals surface area contributed by atoms with E-state index in [0.29, 0.717) is 16.7 Å². The van der Waals surface area contributed by atoms with Gasteiger partial charge in [0.1, 0.15) is 0 Å². The molecule has 8 fully saturated rings. The van der Waals surface area contributed by atoms with Crippen LogP contribution in [0.5, 0.6) is 0 Å². The van der Waals surface area contributed by atoms with Crippen molar-refractivity contribution >= 4 is 48.1 Å². The first-order chi connectivity index (χ1) is 30.1. The third kappa shape index (κ3) is 9.14. The summed E-state index contributed by atoms with van der Waals surface area (Å²) in [5.41, 5.74) is 12.7. The molecule has 0 nitrogen and oxygen atoms in total. The normalized spacial score (nSPS) is 29.0. The quantitative estimate of drug-likeness (QED) is 0.110. The SMILES string of the molecule is CCCC(C)c1cc2c(-c3ccc(C45CC6CC(CC(C6)C4)C5)cc3)cccc2[cH-]1.C[Si]C.Cc1cc2c(-c3ccc(C45CC6CC(CC(C6)C4)C5)cc3)cccc2[cH-]1.[Cl][Zr+2][Cl]. The molecule has 62 heavy (non-hydrogen) atoms. The summed E-state index contributed by atoms with van der Waals surface area (Å²) in [5, 5.41) is 5.59. The van der Waals surface area contributed by atoms with Gasteiger partial charge in [0.25, 0.3) is 0 Å². The number of halogens is 2. The summed E-state index contributed by atoms with van der Waals surface area (Å²) in [7, 11) is 11.0. The zero-order valence-corrected chi connectivity index (χ0v) is 43.1. The summed E-state index contributed by atoms with van der Waals surface area (Å²) in [5.74, 6) is 6.73. The van der Waals surface area contributed by atoms with Gasteiger partial charge in [0.2, 0.25) is 0 Å². The summed E-state index contributed by atoms with van der Waals surface area (Å²) in [6.45, 7) is 11.2. The fourth-order valence-electron chi connectivity index (χ4n) is 15.0. The topological polar surface area (TPSA) is 0 Å². The second kappa shape index (κ2) is 19.3. The third-order valence-corrected chi connectivity index (χ3v) is 16.7. The first-order valence-corrected chi connectivity index (χ1v) is 32.6. The summed E-state index contributed by atoms with van der Waals surface area (Å²) in [6.07, 6.45) is 20.4. The number of fused-ring (bicyclic) bond motifs is 2. The van der Waals surface area contributed by atoms with Crippen molar-refractivity contribution in [1.82, 2.24) is 0 Å². The van der Waals surface area contributed by atoms with Gasteiger partial charge in [-0.15, -0.1) is 69.1 Å². The van der Waals surface area contributed by atoms with Gasteiger partial charge in [-0.2, -0.15) is 12.1 Å². The summed E-state index contributed by atoms with van der Waals surface area (Å²) >= 11 is -0.826. The first kappa shape index (κ1) is 45.0. The van der Waals surface area contributed by atoms with Gasteiger partial charge in [-0.05, 0) is 158 Å². The van der Waals surface area contributed by atoms with Crippen LogP contribution in [0, 0.1) is 42.4 Å². The van der Waals surface area contributed by atoms with E-state index in [0.717, 1.165) is 45.0 Å². The van der Waals surface area contributed by atoms with Gasteiger partial charge in [-0.3, -0.25) is 0 Å². The molecule has 8 aliphatic rings. The minimum atomic E-state index is -0.826. The van der Waals surface area contributed by atoms with Crippen molar-refractivity contribution in [3.05, 3.63) is 131 Å². The number of aryl methyl sites for hydroxylation is 1. The molecule has 0 amide bonds. The van der Waals surface area contributed by atoms with Crippen LogP contribution in [0.15, 0.2) is 109 Å². The second-order valence-corrected chi connectivity index (χ2v) is 26.0. The van der Waals surface area contributed by atoms with E-state index >= 15 is 0 Å². The van der Waals surface area contributed by atoms with Crippen LogP contribution in [0.3, 0.4) is 0 Å². The number of hydrogen-bond acceptors (Lipinski definition) is 0. The van der Waals surface area contributed by atoms with Crippen molar-refractivity contribution in [3.63, 3.8) is 0 Å². The molecule has 4 heteroatoms. The van der Waals surface area contributed by atoms with E-state index in [1.165, 1.54) is 145 Å². The van der Waals surface area contributed by atoms with Crippen LogP contribution in [0.25, 0.3) is 43.8 Å². The molecule has 0 saturated heterocycles. The number of rotatable bonds is 7. The van der Waals surface area contributed by atoms with Crippen molar-refractivity contribution in [2.75, 3.05) is 0 Å². The Bertz CT molecular complexity index is 2340. The Morgan fingerprint density at radius 1 is 0.597 bits per heavy atom. The Morgan fingerprint density at radius 2 is 0.968 bits per heavy atom. The average molecular weight is 955 g/mol. The van der Waals surface area contributed by atoms with Gasteiger partial charge in [0.15, 0.2) is 0 Å². The van der Waals surface area contributed by atoms with E-state index in [9.17, 15) is 0 Å². The molecule has 0 spiro atoms. The predicted octanol–water partition coefficient (Wildman–Crippen LogP) is 17.8. The molecule has 6 aromatic carbocycles. The van der Waals surface area contributed by atoms with E-state index in [4.69, 9.17) is 17.0 Å². The van der Waals surface area contributed by atoms with Gasteiger partial charge in [-0.1, -0.05) is 112 Å². The van der Waals surface area contributed by atoms with Crippen molar-refractivity contribution in [2.45, 2.75) is 141 Å². The molecule has 8 bridgehead atoms. The Balaban J connectivity index is 0.000000142. The van der Waals surface area contributed by atoms with E-state index in [1.54, 1.807) is 11.1 Å². The monoisotopic (exact) mass is 952 g/mol. The van der Waals surface area contributed by atoms with Gasteiger partial charge in [0.05, 0.1) is 0 Å². The second-order valence-electron chi connectivity index (χ2n) is 21.2. The molecule has 0 N–H and O–H groups in total. The molecule has 6 aromatic rings. The minimum absolute atomic E-state index is 0.502. The van der Waals surface area contributed by atoms with Crippen LogP contribution in [-0.4, -0.2) is 9.52 Å². The van der Waals surface area contributed by atoms with Gasteiger partial charge in [-0.25, -0.2) is 0 Å². The molecule has 322 valence electrons. The van der Waals surface area contributed by atoms with Crippen molar-refractivity contribution in [1.29, 1.82) is 0 Å². The van der Waals surface area contributed by atoms with Crippen LogP contribution in [0.2, 0.25) is 13.1 Å². The Morgan fingerprint density at radius 3 is 1.35 bits per heavy atom. The van der Waals surface area contributed by atoms with Crippen LogP contribution < -0.4 is 0 Å². The molecular weight excluding hydrogens is 887 g/mol. The van der Waals surface area contributed by atoms with Crippen LogP contribution in [0.1, 0.15) is 132 Å². The average Bonchev–Trinajstić information content (AvgIpc) is 3.87. The Labute approximate surface area is 395 Å². The number of benzene rings is 4. The molecule has 8 aliphatic carbocycles. The number of hydrogen-bond donors (Lipinski definition) is 0. The molecule has 1 atom stereocenters. The van der Waals surface area contributed by atoms with Gasteiger partial charge >= 0.3 is 37.9 Å². The predicted molar refractivity (Wildman–Crippen MR) is 267 cm³/mol. The van der Waals surface area contributed by atoms with Crippen molar-refractivity contribution in [3.8, 4) is 22.3 Å². The maximum absolute atomic E-state index is 4.93. The van der Waals surface area contributed by atoms with Gasteiger partial charge < -0.3 is 0 Å². The zero-order chi connectivity index (χ0) is 43.0. The standard InChI is InChI=1S/C30H35.C26H27.C2H6Si.2ClH.Zr/c1-3-5-20(2)26-15-25-6-4-7-28(29(25)16-26)24-8-10-27(11-9-24)30-17-21-12-22(18-30)14-23(13-21)19-30;1-17-9-22-3-2-4-24(25(22)10-17)21-5-7-23(8-6-21)26-14-18-11-19(15-26)13-20(12-18)16-26;1-3-2;;;/h4,6-11,15-16,20-23H,3,5,12-14,17-19H2,1-2H3;2-10,18-20H,11-16H2,1H3;1-2H3;2*1H;/q2*-1;;;;+4/p-2. The summed E-state index contributed by atoms with van der Waals surface area (Å²) in [6, 6.07) is 42.6. The molecular formula is C58H68Cl2SiZr. The van der Waals surface area contributed by atoms with E-state index < -0.39 is 20.8 Å². The molecule has 8 saturated carbocycles. The molecule has 0 aliphatic heterocycles. The summed E-state index contributed by atoms with van der Waals surface area (Å²) < 4.78 is 0. The van der Waals surface area contributed by atoms with Crippen molar-refractivity contribution < 1.29 is 20.8 Å².